The number of fused-ring (bicyclic) bond motifs is 1. The van der Waals surface area contributed by atoms with Gasteiger partial charge in [0.2, 0.25) is 0 Å². The van der Waals surface area contributed by atoms with E-state index >= 15 is 0 Å². The number of aromatic nitrogens is 2. The summed E-state index contributed by atoms with van der Waals surface area (Å²) in [5, 5.41) is 0. The minimum absolute atomic E-state index is 0.249. The molecule has 1 aromatic carbocycles. The van der Waals surface area contributed by atoms with E-state index in [0.29, 0.717) is 10.2 Å². The van der Waals surface area contributed by atoms with Crippen molar-refractivity contribution < 1.29 is 4.74 Å². The average Bonchev–Trinajstić information content (AvgIpc) is 2.50. The molecule has 0 spiro atoms. The summed E-state index contributed by atoms with van der Waals surface area (Å²) in [6.45, 7) is 0.861. The first-order chi connectivity index (χ1) is 10.1. The summed E-state index contributed by atoms with van der Waals surface area (Å²) >= 11 is 1.95. The minimum Gasteiger partial charge on any atom is -0.371 e. The molecule has 110 valence electrons. The van der Waals surface area contributed by atoms with Gasteiger partial charge in [0.05, 0.1) is 16.7 Å². The SMILES string of the molecule is Cn1cc(I)c(=O)n(CC2OCCc3ccccc32)c1=O. The number of hydrogen-bond acceptors (Lipinski definition) is 3. The van der Waals surface area contributed by atoms with E-state index in [9.17, 15) is 9.59 Å². The lowest BCUT2D eigenvalue weighted by atomic mass is 9.97. The van der Waals surface area contributed by atoms with Crippen molar-refractivity contribution in [2.75, 3.05) is 6.61 Å². The van der Waals surface area contributed by atoms with Crippen molar-refractivity contribution in [3.8, 4) is 0 Å². The van der Waals surface area contributed by atoms with Crippen LogP contribution >= 0.6 is 22.6 Å². The maximum atomic E-state index is 12.2. The lowest BCUT2D eigenvalue weighted by Crippen LogP contribution is -2.41. The summed E-state index contributed by atoms with van der Waals surface area (Å²) in [5.41, 5.74) is 1.72. The molecule has 0 aliphatic carbocycles. The number of nitrogens with zero attached hydrogens (tertiary/aromatic N) is 2. The molecule has 1 aliphatic rings. The van der Waals surface area contributed by atoms with Crippen LogP contribution in [0.2, 0.25) is 0 Å². The maximum Gasteiger partial charge on any atom is 0.330 e. The number of aryl methyl sites for hydroxylation is 1. The van der Waals surface area contributed by atoms with Crippen molar-refractivity contribution in [3.63, 3.8) is 0 Å². The third kappa shape index (κ3) is 2.69. The van der Waals surface area contributed by atoms with Gasteiger partial charge in [-0.25, -0.2) is 4.79 Å². The number of rotatable bonds is 2. The Morgan fingerprint density at radius 3 is 2.90 bits per heavy atom. The third-order valence-corrected chi connectivity index (χ3v) is 4.47. The predicted octanol–water partition coefficient (Wildman–Crippen LogP) is 1.47. The number of ether oxygens (including phenoxy) is 1. The zero-order valence-corrected chi connectivity index (χ0v) is 13.7. The van der Waals surface area contributed by atoms with Crippen molar-refractivity contribution in [3.05, 3.63) is 66.0 Å². The highest BCUT2D eigenvalue weighted by Crippen LogP contribution is 2.27. The fourth-order valence-corrected chi connectivity index (χ4v) is 3.35. The quantitative estimate of drug-likeness (QED) is 0.721. The van der Waals surface area contributed by atoms with E-state index in [-0.39, 0.29) is 23.9 Å². The largest absolute Gasteiger partial charge is 0.371 e. The van der Waals surface area contributed by atoms with Crippen LogP contribution in [0.5, 0.6) is 0 Å². The van der Waals surface area contributed by atoms with Crippen LogP contribution in [0.4, 0.5) is 0 Å². The Balaban J connectivity index is 2.03. The molecule has 3 rings (SSSR count). The average molecular weight is 398 g/mol. The first-order valence-electron chi connectivity index (χ1n) is 6.73. The van der Waals surface area contributed by atoms with Crippen molar-refractivity contribution in [1.82, 2.24) is 9.13 Å². The predicted molar refractivity (Wildman–Crippen MR) is 87.5 cm³/mol. The van der Waals surface area contributed by atoms with Gasteiger partial charge in [0.25, 0.3) is 5.56 Å². The van der Waals surface area contributed by atoms with Crippen LogP contribution < -0.4 is 11.2 Å². The number of benzene rings is 1. The molecule has 0 fully saturated rings. The molecule has 6 heteroatoms. The highest BCUT2D eigenvalue weighted by Gasteiger charge is 2.22. The zero-order chi connectivity index (χ0) is 15.0. The van der Waals surface area contributed by atoms with Crippen molar-refractivity contribution in [1.29, 1.82) is 0 Å². The van der Waals surface area contributed by atoms with E-state index in [1.54, 1.807) is 13.2 Å². The monoisotopic (exact) mass is 398 g/mol. The topological polar surface area (TPSA) is 53.2 Å². The first kappa shape index (κ1) is 14.5. The van der Waals surface area contributed by atoms with Crippen molar-refractivity contribution >= 4 is 22.6 Å². The van der Waals surface area contributed by atoms with Crippen LogP contribution in [0.1, 0.15) is 17.2 Å². The molecule has 0 saturated carbocycles. The van der Waals surface area contributed by atoms with E-state index < -0.39 is 0 Å². The molecule has 5 nitrogen and oxygen atoms in total. The molecule has 0 saturated heterocycles. The Morgan fingerprint density at radius 1 is 1.33 bits per heavy atom. The summed E-state index contributed by atoms with van der Waals surface area (Å²) in [4.78, 5) is 24.4. The summed E-state index contributed by atoms with van der Waals surface area (Å²) in [6, 6.07) is 8.02. The summed E-state index contributed by atoms with van der Waals surface area (Å²) in [5.74, 6) is 0. The summed E-state index contributed by atoms with van der Waals surface area (Å²) in [7, 11) is 1.65. The standard InChI is InChI=1S/C15H15IN2O3/c1-17-8-12(16)14(19)18(15(17)20)9-13-11-5-3-2-4-10(11)6-7-21-13/h2-5,8,13H,6-7,9H2,1H3. The van der Waals surface area contributed by atoms with Gasteiger partial charge in [-0.3, -0.25) is 9.36 Å². The minimum atomic E-state index is -0.313. The van der Waals surface area contributed by atoms with Crippen molar-refractivity contribution in [2.45, 2.75) is 19.1 Å². The molecule has 2 heterocycles. The van der Waals surface area contributed by atoms with Gasteiger partial charge in [-0.15, -0.1) is 0 Å². The van der Waals surface area contributed by atoms with Gasteiger partial charge in [-0.2, -0.15) is 0 Å². The smallest absolute Gasteiger partial charge is 0.330 e. The fraction of sp³-hybridized carbons (Fsp3) is 0.333. The van der Waals surface area contributed by atoms with Crippen LogP contribution in [0.25, 0.3) is 0 Å². The van der Waals surface area contributed by atoms with E-state index in [4.69, 9.17) is 4.74 Å². The second-order valence-electron chi connectivity index (χ2n) is 5.09. The second kappa shape index (κ2) is 5.76. The fourth-order valence-electron chi connectivity index (χ4n) is 2.64. The Labute approximate surface area is 135 Å². The van der Waals surface area contributed by atoms with Gasteiger partial charge in [-0.1, -0.05) is 24.3 Å². The van der Waals surface area contributed by atoms with Gasteiger partial charge < -0.3 is 9.30 Å². The molecule has 1 unspecified atom stereocenters. The number of hydrogen-bond donors (Lipinski definition) is 0. The van der Waals surface area contributed by atoms with Crippen LogP contribution in [-0.2, 0) is 24.8 Å². The van der Waals surface area contributed by atoms with E-state index in [1.807, 2.05) is 40.8 Å². The molecular weight excluding hydrogens is 383 g/mol. The normalized spacial score (nSPS) is 17.5. The molecule has 1 aromatic heterocycles. The summed E-state index contributed by atoms with van der Waals surface area (Å²) in [6.07, 6.45) is 2.17. The van der Waals surface area contributed by atoms with Gasteiger partial charge in [0.1, 0.15) is 6.10 Å². The molecule has 21 heavy (non-hydrogen) atoms. The van der Waals surface area contributed by atoms with Crippen LogP contribution in [0.15, 0.2) is 40.1 Å². The Morgan fingerprint density at radius 2 is 2.10 bits per heavy atom. The van der Waals surface area contributed by atoms with E-state index in [0.717, 1.165) is 12.0 Å². The molecule has 0 amide bonds. The van der Waals surface area contributed by atoms with Gasteiger partial charge in [0.15, 0.2) is 0 Å². The van der Waals surface area contributed by atoms with Crippen LogP contribution in [-0.4, -0.2) is 15.7 Å². The van der Waals surface area contributed by atoms with Crippen molar-refractivity contribution in [2.24, 2.45) is 7.05 Å². The van der Waals surface area contributed by atoms with Crippen LogP contribution in [0, 0.1) is 3.57 Å². The Bertz CT molecular complexity index is 760. The first-order valence-corrected chi connectivity index (χ1v) is 7.81. The lowest BCUT2D eigenvalue weighted by molar-refractivity contribution is 0.0288. The van der Waals surface area contributed by atoms with Gasteiger partial charge >= 0.3 is 5.69 Å². The highest BCUT2D eigenvalue weighted by atomic mass is 127. The molecular formula is C15H15IN2O3. The summed E-state index contributed by atoms with van der Waals surface area (Å²) < 4.78 is 9.00. The molecule has 0 N–H and O–H groups in total. The third-order valence-electron chi connectivity index (χ3n) is 3.73. The molecule has 2 aromatic rings. The molecule has 1 aliphatic heterocycles. The van der Waals surface area contributed by atoms with E-state index in [1.165, 1.54) is 14.7 Å². The van der Waals surface area contributed by atoms with Gasteiger partial charge in [0, 0.05) is 13.2 Å². The Kier molecular flexibility index (Phi) is 3.99. The highest BCUT2D eigenvalue weighted by molar-refractivity contribution is 14.1. The second-order valence-corrected chi connectivity index (χ2v) is 6.26. The molecule has 0 bridgehead atoms. The lowest BCUT2D eigenvalue weighted by Gasteiger charge is -2.26. The molecule has 1 atom stereocenters. The van der Waals surface area contributed by atoms with Gasteiger partial charge in [-0.05, 0) is 40.1 Å². The number of halogens is 1. The molecule has 0 radical (unpaired) electrons. The Hall–Kier alpha value is -1.41. The zero-order valence-electron chi connectivity index (χ0n) is 11.6. The van der Waals surface area contributed by atoms with E-state index in [2.05, 4.69) is 6.07 Å². The van der Waals surface area contributed by atoms with Crippen LogP contribution in [0.3, 0.4) is 0 Å². The maximum absolute atomic E-state index is 12.2.